The SMILES string of the molecule is C=CC(=O)Nc1cccc(-n2c(=O)n(-c3ccc(NC(=O)c4cccc(C(F)(F)F)c4)cc3)c3cnccc32)c1. The molecule has 2 N–H and O–H groups in total. The zero-order valence-corrected chi connectivity index (χ0v) is 20.6. The summed E-state index contributed by atoms with van der Waals surface area (Å²) in [5.41, 5.74) is 1.38. The predicted molar refractivity (Wildman–Crippen MR) is 145 cm³/mol. The summed E-state index contributed by atoms with van der Waals surface area (Å²) >= 11 is 0. The fourth-order valence-electron chi connectivity index (χ4n) is 4.20. The van der Waals surface area contributed by atoms with Crippen LogP contribution in [0.15, 0.2) is 109 Å². The molecule has 2 amide bonds. The van der Waals surface area contributed by atoms with Crippen LogP contribution in [0.2, 0.25) is 0 Å². The first kappa shape index (κ1) is 26.2. The van der Waals surface area contributed by atoms with Gasteiger partial charge in [-0.05, 0) is 72.8 Å². The first-order valence-corrected chi connectivity index (χ1v) is 11.9. The maximum absolute atomic E-state index is 13.7. The van der Waals surface area contributed by atoms with Crippen LogP contribution in [0.25, 0.3) is 22.4 Å². The van der Waals surface area contributed by atoms with Gasteiger partial charge in [0.25, 0.3) is 5.91 Å². The second-order valence-corrected chi connectivity index (χ2v) is 8.64. The summed E-state index contributed by atoms with van der Waals surface area (Å²) in [4.78, 5) is 42.1. The van der Waals surface area contributed by atoms with Crippen LogP contribution < -0.4 is 16.3 Å². The van der Waals surface area contributed by atoms with Crippen molar-refractivity contribution in [1.82, 2.24) is 14.1 Å². The van der Waals surface area contributed by atoms with Crippen molar-refractivity contribution in [1.29, 1.82) is 0 Å². The van der Waals surface area contributed by atoms with Gasteiger partial charge in [0.2, 0.25) is 5.91 Å². The van der Waals surface area contributed by atoms with Gasteiger partial charge < -0.3 is 10.6 Å². The molecule has 2 heterocycles. The van der Waals surface area contributed by atoms with E-state index in [1.807, 2.05) is 0 Å². The van der Waals surface area contributed by atoms with Crippen LogP contribution >= 0.6 is 0 Å². The van der Waals surface area contributed by atoms with E-state index in [1.165, 1.54) is 33.4 Å². The van der Waals surface area contributed by atoms with Crippen molar-refractivity contribution in [2.75, 3.05) is 10.6 Å². The molecule has 0 aliphatic rings. The number of nitrogens with one attached hydrogen (secondary N) is 2. The van der Waals surface area contributed by atoms with Crippen LogP contribution in [-0.4, -0.2) is 25.9 Å². The molecular weight excluding hydrogens is 523 g/mol. The smallest absolute Gasteiger partial charge is 0.322 e. The number of halogens is 3. The lowest BCUT2D eigenvalue weighted by Crippen LogP contribution is -2.22. The Balaban J connectivity index is 1.48. The summed E-state index contributed by atoms with van der Waals surface area (Å²) in [7, 11) is 0. The van der Waals surface area contributed by atoms with Crippen molar-refractivity contribution < 1.29 is 22.8 Å². The summed E-state index contributed by atoms with van der Waals surface area (Å²) in [5.74, 6) is -1.10. The van der Waals surface area contributed by atoms with Gasteiger partial charge in [-0.1, -0.05) is 18.7 Å². The standard InChI is InChI=1S/C29H20F3N5O3/c1-2-26(38)34-21-7-4-8-23(16-21)37-24-13-14-33-17-25(24)36(28(37)40)22-11-9-20(10-12-22)35-27(39)18-5-3-6-19(15-18)29(30,31)32/h2-17H,1H2,(H,34,38)(H,35,39). The fourth-order valence-corrected chi connectivity index (χ4v) is 4.20. The Kier molecular flexibility index (Phi) is 6.78. The zero-order chi connectivity index (χ0) is 28.4. The molecule has 0 fully saturated rings. The normalized spacial score (nSPS) is 11.3. The molecule has 40 heavy (non-hydrogen) atoms. The molecule has 0 aliphatic carbocycles. The molecule has 0 bridgehead atoms. The Morgan fingerprint density at radius 2 is 1.55 bits per heavy atom. The third kappa shape index (κ3) is 5.12. The van der Waals surface area contributed by atoms with E-state index >= 15 is 0 Å². The molecule has 11 heteroatoms. The first-order chi connectivity index (χ1) is 19.2. The van der Waals surface area contributed by atoms with E-state index in [-0.39, 0.29) is 5.56 Å². The maximum Gasteiger partial charge on any atom is 0.416 e. The molecule has 0 radical (unpaired) electrons. The van der Waals surface area contributed by atoms with Crippen LogP contribution in [-0.2, 0) is 11.0 Å². The molecule has 0 atom stereocenters. The second kappa shape index (κ2) is 10.4. The molecule has 5 rings (SSSR count). The van der Waals surface area contributed by atoms with Crippen molar-refractivity contribution in [2.45, 2.75) is 6.18 Å². The van der Waals surface area contributed by atoms with Gasteiger partial charge in [-0.15, -0.1) is 0 Å². The molecular formula is C29H20F3N5O3. The number of fused-ring (bicyclic) bond motifs is 1. The van der Waals surface area contributed by atoms with Gasteiger partial charge in [0.15, 0.2) is 0 Å². The number of aromatic nitrogens is 3. The minimum Gasteiger partial charge on any atom is -0.322 e. The number of alkyl halides is 3. The Bertz CT molecular complexity index is 1820. The second-order valence-electron chi connectivity index (χ2n) is 8.64. The predicted octanol–water partition coefficient (Wildman–Crippen LogP) is 5.57. The number of benzene rings is 3. The number of imidazole rings is 1. The van der Waals surface area contributed by atoms with Crippen LogP contribution in [0, 0.1) is 0 Å². The Morgan fingerprint density at radius 3 is 2.27 bits per heavy atom. The van der Waals surface area contributed by atoms with Crippen molar-refractivity contribution in [3.05, 3.63) is 126 Å². The average Bonchev–Trinajstić information content (AvgIpc) is 3.24. The van der Waals surface area contributed by atoms with Crippen LogP contribution in [0.1, 0.15) is 15.9 Å². The summed E-state index contributed by atoms with van der Waals surface area (Å²) in [5, 5.41) is 5.24. The number of pyridine rings is 1. The van der Waals surface area contributed by atoms with Gasteiger partial charge in [0.1, 0.15) is 0 Å². The van der Waals surface area contributed by atoms with Crippen LogP contribution in [0.4, 0.5) is 24.5 Å². The van der Waals surface area contributed by atoms with Crippen molar-refractivity contribution >= 4 is 34.2 Å². The molecule has 8 nitrogen and oxygen atoms in total. The minimum absolute atomic E-state index is 0.143. The molecule has 0 unspecified atom stereocenters. The fraction of sp³-hybridized carbons (Fsp3) is 0.0345. The van der Waals surface area contributed by atoms with Crippen LogP contribution in [0.5, 0.6) is 0 Å². The Hall–Kier alpha value is -5.45. The number of hydrogen-bond donors (Lipinski definition) is 2. The lowest BCUT2D eigenvalue weighted by atomic mass is 10.1. The lowest BCUT2D eigenvalue weighted by Gasteiger charge is -2.10. The van der Waals surface area contributed by atoms with Gasteiger partial charge in [-0.2, -0.15) is 13.2 Å². The van der Waals surface area contributed by atoms with E-state index in [4.69, 9.17) is 0 Å². The molecule has 200 valence electrons. The van der Waals surface area contributed by atoms with Crippen molar-refractivity contribution in [3.8, 4) is 11.4 Å². The molecule has 5 aromatic rings. The highest BCUT2D eigenvalue weighted by molar-refractivity contribution is 6.04. The largest absolute Gasteiger partial charge is 0.416 e. The van der Waals surface area contributed by atoms with Crippen molar-refractivity contribution in [2.24, 2.45) is 0 Å². The molecule has 0 saturated heterocycles. The number of hydrogen-bond acceptors (Lipinski definition) is 4. The van der Waals surface area contributed by atoms with E-state index in [0.29, 0.717) is 33.8 Å². The van der Waals surface area contributed by atoms with E-state index in [9.17, 15) is 27.6 Å². The quantitative estimate of drug-likeness (QED) is 0.274. The van der Waals surface area contributed by atoms with E-state index < -0.39 is 29.2 Å². The Morgan fingerprint density at radius 1 is 0.825 bits per heavy atom. The number of anilines is 2. The van der Waals surface area contributed by atoms with Gasteiger partial charge >= 0.3 is 11.9 Å². The topological polar surface area (TPSA) is 98.0 Å². The average molecular weight is 544 g/mol. The van der Waals surface area contributed by atoms with Gasteiger partial charge in [-0.3, -0.25) is 23.7 Å². The number of carbonyl (C=O) groups excluding carboxylic acids is 2. The highest BCUT2D eigenvalue weighted by Crippen LogP contribution is 2.30. The number of amides is 2. The summed E-state index contributed by atoms with van der Waals surface area (Å²) < 4.78 is 42.0. The lowest BCUT2D eigenvalue weighted by molar-refractivity contribution is -0.137. The molecule has 3 aromatic carbocycles. The van der Waals surface area contributed by atoms with E-state index in [2.05, 4.69) is 22.2 Å². The van der Waals surface area contributed by atoms with Crippen molar-refractivity contribution in [3.63, 3.8) is 0 Å². The number of nitrogens with zero attached hydrogens (tertiary/aromatic N) is 3. The van der Waals surface area contributed by atoms with E-state index in [1.54, 1.807) is 54.9 Å². The molecule has 0 saturated carbocycles. The number of carbonyl (C=O) groups is 2. The van der Waals surface area contributed by atoms with E-state index in [0.717, 1.165) is 18.2 Å². The van der Waals surface area contributed by atoms with Gasteiger partial charge in [-0.25, -0.2) is 4.79 Å². The summed E-state index contributed by atoms with van der Waals surface area (Å²) in [6, 6.07) is 18.9. The van der Waals surface area contributed by atoms with Gasteiger partial charge in [0, 0.05) is 23.1 Å². The molecule has 0 spiro atoms. The molecule has 2 aromatic heterocycles. The first-order valence-electron chi connectivity index (χ1n) is 11.9. The maximum atomic E-state index is 13.7. The van der Waals surface area contributed by atoms with Gasteiger partial charge in [0.05, 0.1) is 34.2 Å². The number of rotatable bonds is 6. The summed E-state index contributed by atoms with van der Waals surface area (Å²) in [6.45, 7) is 3.44. The minimum atomic E-state index is -4.57. The third-order valence-corrected chi connectivity index (χ3v) is 6.03. The third-order valence-electron chi connectivity index (χ3n) is 6.03. The highest BCUT2D eigenvalue weighted by atomic mass is 19.4. The Labute approximate surface area is 225 Å². The molecule has 0 aliphatic heterocycles. The monoisotopic (exact) mass is 543 g/mol. The zero-order valence-electron chi connectivity index (χ0n) is 20.6. The highest BCUT2D eigenvalue weighted by Gasteiger charge is 2.31. The summed E-state index contributed by atoms with van der Waals surface area (Å²) in [6.07, 6.45) is -0.333. The van der Waals surface area contributed by atoms with Crippen LogP contribution in [0.3, 0.4) is 0 Å².